The van der Waals surface area contributed by atoms with Crippen molar-refractivity contribution in [3.05, 3.63) is 64.7 Å². The van der Waals surface area contributed by atoms with Crippen LogP contribution in [0.5, 0.6) is 5.75 Å². The number of unbranched alkanes of at least 4 members (excludes halogenated alkanes) is 2. The summed E-state index contributed by atoms with van der Waals surface area (Å²) in [6, 6.07) is 12.8. The van der Waals surface area contributed by atoms with Crippen LogP contribution in [0.4, 0.5) is 0 Å². The molecule has 0 bridgehead atoms. The molecule has 0 aliphatic carbocycles. The van der Waals surface area contributed by atoms with E-state index in [-0.39, 0.29) is 5.56 Å². The number of benzene rings is 2. The van der Waals surface area contributed by atoms with Crippen molar-refractivity contribution in [3.8, 4) is 5.75 Å². The van der Waals surface area contributed by atoms with E-state index in [4.69, 9.17) is 21.1 Å². The average Bonchev–Trinajstić information content (AvgIpc) is 2.60. The molecule has 2 aromatic rings. The number of ether oxygens (including phenoxy) is 2. The van der Waals surface area contributed by atoms with E-state index < -0.39 is 11.9 Å². The van der Waals surface area contributed by atoms with Crippen LogP contribution in [0.15, 0.2) is 48.5 Å². The molecule has 2 aromatic carbocycles. The standard InChI is InChI=1S/C19H19ClO4/c1-2-3-4-12-23-18(21)14-6-5-7-15(13-14)19(22)24-17-10-8-16(20)9-11-17/h5-11,13H,2-4,12H2,1H3. The Hall–Kier alpha value is -2.33. The lowest BCUT2D eigenvalue weighted by Gasteiger charge is -2.07. The third kappa shape index (κ3) is 5.39. The molecule has 0 N–H and O–H groups in total. The lowest BCUT2D eigenvalue weighted by Crippen LogP contribution is -2.11. The number of hydrogen-bond donors (Lipinski definition) is 0. The molecule has 0 fully saturated rings. The predicted molar refractivity (Wildman–Crippen MR) is 92.7 cm³/mol. The topological polar surface area (TPSA) is 52.6 Å². The van der Waals surface area contributed by atoms with Crippen LogP contribution in [0.1, 0.15) is 46.9 Å². The number of esters is 2. The third-order valence-corrected chi connectivity index (χ3v) is 3.59. The molecule has 126 valence electrons. The van der Waals surface area contributed by atoms with Gasteiger partial charge in [0.15, 0.2) is 0 Å². The fraction of sp³-hybridized carbons (Fsp3) is 0.263. The van der Waals surface area contributed by atoms with E-state index in [2.05, 4.69) is 6.92 Å². The summed E-state index contributed by atoms with van der Waals surface area (Å²) in [6.07, 6.45) is 2.91. The Morgan fingerprint density at radius 2 is 1.62 bits per heavy atom. The average molecular weight is 347 g/mol. The van der Waals surface area contributed by atoms with Gasteiger partial charge in [-0.25, -0.2) is 9.59 Å². The summed E-state index contributed by atoms with van der Waals surface area (Å²) in [6.45, 7) is 2.46. The van der Waals surface area contributed by atoms with Crippen molar-refractivity contribution in [1.29, 1.82) is 0 Å². The summed E-state index contributed by atoms with van der Waals surface area (Å²) in [5, 5.41) is 0.558. The van der Waals surface area contributed by atoms with Gasteiger partial charge in [0, 0.05) is 5.02 Å². The monoisotopic (exact) mass is 346 g/mol. The quantitative estimate of drug-likeness (QED) is 0.406. The van der Waals surface area contributed by atoms with Crippen LogP contribution in [0.25, 0.3) is 0 Å². The Morgan fingerprint density at radius 3 is 2.29 bits per heavy atom. The number of halogens is 1. The van der Waals surface area contributed by atoms with Crippen molar-refractivity contribution in [2.24, 2.45) is 0 Å². The molecule has 0 saturated heterocycles. The molecular formula is C19H19ClO4. The number of carbonyl (C=O) groups excluding carboxylic acids is 2. The molecule has 0 unspecified atom stereocenters. The summed E-state index contributed by atoms with van der Waals surface area (Å²) in [7, 11) is 0. The van der Waals surface area contributed by atoms with Crippen LogP contribution >= 0.6 is 11.6 Å². The van der Waals surface area contributed by atoms with E-state index in [0.29, 0.717) is 22.9 Å². The highest BCUT2D eigenvalue weighted by atomic mass is 35.5. The van der Waals surface area contributed by atoms with Crippen molar-refractivity contribution < 1.29 is 19.1 Å². The van der Waals surface area contributed by atoms with Crippen molar-refractivity contribution in [1.82, 2.24) is 0 Å². The van der Waals surface area contributed by atoms with Crippen LogP contribution in [0.2, 0.25) is 5.02 Å². The summed E-state index contributed by atoms with van der Waals surface area (Å²) in [5.41, 5.74) is 0.616. The Balaban J connectivity index is 1.99. The molecule has 2 rings (SSSR count). The van der Waals surface area contributed by atoms with E-state index >= 15 is 0 Å². The summed E-state index contributed by atoms with van der Waals surface area (Å²) >= 11 is 5.79. The second-order valence-corrected chi connectivity index (χ2v) is 5.70. The van der Waals surface area contributed by atoms with Crippen LogP contribution < -0.4 is 4.74 Å². The molecule has 0 atom stereocenters. The molecule has 0 heterocycles. The molecule has 0 amide bonds. The highest BCUT2D eigenvalue weighted by molar-refractivity contribution is 6.30. The van der Waals surface area contributed by atoms with Crippen LogP contribution in [-0.4, -0.2) is 18.5 Å². The zero-order valence-electron chi connectivity index (χ0n) is 13.5. The van der Waals surface area contributed by atoms with Gasteiger partial charge >= 0.3 is 11.9 Å². The fourth-order valence-electron chi connectivity index (χ4n) is 2.04. The van der Waals surface area contributed by atoms with Gasteiger partial charge in [-0.1, -0.05) is 37.4 Å². The third-order valence-electron chi connectivity index (χ3n) is 3.34. The molecule has 5 heteroatoms. The molecule has 24 heavy (non-hydrogen) atoms. The Morgan fingerprint density at radius 1 is 0.958 bits per heavy atom. The van der Waals surface area contributed by atoms with E-state index in [9.17, 15) is 9.59 Å². The van der Waals surface area contributed by atoms with E-state index in [1.54, 1.807) is 42.5 Å². The van der Waals surface area contributed by atoms with Crippen LogP contribution in [0.3, 0.4) is 0 Å². The number of carbonyl (C=O) groups is 2. The molecule has 4 nitrogen and oxygen atoms in total. The van der Waals surface area contributed by atoms with Crippen molar-refractivity contribution in [2.45, 2.75) is 26.2 Å². The zero-order valence-corrected chi connectivity index (χ0v) is 14.2. The van der Waals surface area contributed by atoms with Gasteiger partial charge in [-0.2, -0.15) is 0 Å². The highest BCUT2D eigenvalue weighted by Crippen LogP contribution is 2.17. The van der Waals surface area contributed by atoms with Gasteiger partial charge in [0.1, 0.15) is 5.75 Å². The van der Waals surface area contributed by atoms with Gasteiger partial charge in [0.05, 0.1) is 17.7 Å². The van der Waals surface area contributed by atoms with Gasteiger partial charge in [0.25, 0.3) is 0 Å². The Bertz CT molecular complexity index is 695. The molecule has 0 saturated carbocycles. The summed E-state index contributed by atoms with van der Waals surface area (Å²) in [4.78, 5) is 24.2. The molecule has 0 spiro atoms. The predicted octanol–water partition coefficient (Wildman–Crippen LogP) is 4.91. The molecule has 0 aliphatic heterocycles. The van der Waals surface area contributed by atoms with Crippen LogP contribution in [-0.2, 0) is 4.74 Å². The smallest absolute Gasteiger partial charge is 0.343 e. The van der Waals surface area contributed by atoms with Gasteiger partial charge in [-0.05, 0) is 48.9 Å². The first-order chi connectivity index (χ1) is 11.6. The second-order valence-electron chi connectivity index (χ2n) is 5.27. The first-order valence-corrected chi connectivity index (χ1v) is 8.23. The fourth-order valence-corrected chi connectivity index (χ4v) is 2.17. The minimum Gasteiger partial charge on any atom is -0.462 e. The van der Waals surface area contributed by atoms with Gasteiger partial charge in [0.2, 0.25) is 0 Å². The van der Waals surface area contributed by atoms with Crippen molar-refractivity contribution in [3.63, 3.8) is 0 Å². The minimum absolute atomic E-state index is 0.285. The van der Waals surface area contributed by atoms with E-state index in [1.807, 2.05) is 0 Å². The molecule has 0 aromatic heterocycles. The highest BCUT2D eigenvalue weighted by Gasteiger charge is 2.13. The largest absolute Gasteiger partial charge is 0.462 e. The molecule has 0 radical (unpaired) electrons. The van der Waals surface area contributed by atoms with E-state index in [0.717, 1.165) is 19.3 Å². The summed E-state index contributed by atoms with van der Waals surface area (Å²) in [5.74, 6) is -0.595. The first-order valence-electron chi connectivity index (χ1n) is 7.85. The molecular weight excluding hydrogens is 328 g/mol. The first kappa shape index (κ1) is 18.0. The second kappa shape index (κ2) is 9.08. The molecule has 0 aliphatic rings. The lowest BCUT2D eigenvalue weighted by atomic mass is 10.1. The number of hydrogen-bond acceptors (Lipinski definition) is 4. The SMILES string of the molecule is CCCCCOC(=O)c1cccc(C(=O)Oc2ccc(Cl)cc2)c1. The Labute approximate surface area is 146 Å². The lowest BCUT2D eigenvalue weighted by molar-refractivity contribution is 0.0498. The maximum Gasteiger partial charge on any atom is 0.343 e. The van der Waals surface area contributed by atoms with Gasteiger partial charge < -0.3 is 9.47 Å². The zero-order chi connectivity index (χ0) is 17.4. The van der Waals surface area contributed by atoms with Crippen molar-refractivity contribution >= 4 is 23.5 Å². The maximum absolute atomic E-state index is 12.2. The maximum atomic E-state index is 12.2. The van der Waals surface area contributed by atoms with E-state index in [1.165, 1.54) is 6.07 Å². The van der Waals surface area contributed by atoms with Crippen molar-refractivity contribution in [2.75, 3.05) is 6.61 Å². The number of rotatable bonds is 7. The van der Waals surface area contributed by atoms with Gasteiger partial charge in [-0.3, -0.25) is 0 Å². The van der Waals surface area contributed by atoms with Gasteiger partial charge in [-0.15, -0.1) is 0 Å². The normalized spacial score (nSPS) is 10.2. The Kier molecular flexibility index (Phi) is 6.82. The minimum atomic E-state index is -0.544. The van der Waals surface area contributed by atoms with Crippen LogP contribution in [0, 0.1) is 0 Å². The summed E-state index contributed by atoms with van der Waals surface area (Å²) < 4.78 is 10.4.